The first-order valence-corrected chi connectivity index (χ1v) is 10.9. The van der Waals surface area contributed by atoms with E-state index in [1.807, 2.05) is 0 Å². The van der Waals surface area contributed by atoms with Gasteiger partial charge in [-0.25, -0.2) is 0 Å². The van der Waals surface area contributed by atoms with Gasteiger partial charge in [-0.2, -0.15) is 0 Å². The van der Waals surface area contributed by atoms with E-state index in [4.69, 9.17) is 0 Å². The topological polar surface area (TPSA) is 0 Å². The molecule has 6 aliphatic carbocycles. The molecule has 0 nitrogen and oxygen atoms in total. The van der Waals surface area contributed by atoms with E-state index in [-0.39, 0.29) is 0 Å². The summed E-state index contributed by atoms with van der Waals surface area (Å²) in [6, 6.07) is 0. The third-order valence-electron chi connectivity index (χ3n) is 9.98. The van der Waals surface area contributed by atoms with Gasteiger partial charge in [-0.15, -0.1) is 0 Å². The molecule has 6 aliphatic rings. The van der Waals surface area contributed by atoms with Crippen molar-refractivity contribution in [3.8, 4) is 0 Å². The van der Waals surface area contributed by atoms with Crippen LogP contribution < -0.4 is 0 Å². The van der Waals surface area contributed by atoms with Gasteiger partial charge in [0, 0.05) is 0 Å². The van der Waals surface area contributed by atoms with Crippen LogP contribution in [0.1, 0.15) is 77.0 Å². The van der Waals surface area contributed by atoms with E-state index in [2.05, 4.69) is 0 Å². The summed E-state index contributed by atoms with van der Waals surface area (Å²) in [5.41, 5.74) is 0. The SMILES string of the molecule is C1CCC2C(C1)C1CCCC3CC4CCC5CCC2C(C54)C31. The molecule has 0 aromatic carbocycles. The fourth-order valence-corrected chi connectivity index (χ4v) is 9.73. The molecule has 0 aliphatic heterocycles. The first-order valence-electron chi connectivity index (χ1n) is 10.9. The van der Waals surface area contributed by atoms with E-state index in [1.54, 1.807) is 77.0 Å². The van der Waals surface area contributed by atoms with Gasteiger partial charge in [0.1, 0.15) is 0 Å². The Bertz CT molecular complexity index is 453. The second kappa shape index (κ2) is 4.76. The Morgan fingerprint density at radius 3 is 1.86 bits per heavy atom. The third-order valence-corrected chi connectivity index (χ3v) is 9.98. The molecule has 0 saturated heterocycles. The molecule has 0 aromatic heterocycles. The Balaban J connectivity index is 1.45. The minimum absolute atomic E-state index is 1.17. The summed E-state index contributed by atoms with van der Waals surface area (Å²) in [5, 5.41) is 0. The van der Waals surface area contributed by atoms with Crippen LogP contribution in [-0.2, 0) is 0 Å². The lowest BCUT2D eigenvalue weighted by molar-refractivity contribution is -0.162. The van der Waals surface area contributed by atoms with Crippen LogP contribution in [0.5, 0.6) is 0 Å². The molecule has 6 fully saturated rings. The van der Waals surface area contributed by atoms with Gasteiger partial charge in [-0.3, -0.25) is 0 Å². The highest BCUT2D eigenvalue weighted by atomic mass is 14.7. The van der Waals surface area contributed by atoms with Gasteiger partial charge >= 0.3 is 0 Å². The molecule has 10 atom stereocenters. The van der Waals surface area contributed by atoms with Crippen molar-refractivity contribution in [2.45, 2.75) is 77.0 Å². The maximum atomic E-state index is 1.67. The van der Waals surface area contributed by atoms with Gasteiger partial charge in [0.05, 0.1) is 0 Å². The van der Waals surface area contributed by atoms with Gasteiger partial charge in [0.15, 0.2) is 0 Å². The zero-order valence-electron chi connectivity index (χ0n) is 14.3. The summed E-state index contributed by atoms with van der Waals surface area (Å²) >= 11 is 0. The lowest BCUT2D eigenvalue weighted by atomic mass is 9.40. The monoisotopic (exact) mass is 298 g/mol. The average Bonchev–Trinajstić information content (AvgIpc) is 2.99. The molecule has 0 amide bonds. The van der Waals surface area contributed by atoms with Crippen molar-refractivity contribution in [3.05, 3.63) is 0 Å². The molecule has 0 heterocycles. The first kappa shape index (κ1) is 13.3. The minimum atomic E-state index is 1.17. The zero-order valence-corrected chi connectivity index (χ0v) is 14.3. The highest BCUT2D eigenvalue weighted by Gasteiger charge is 2.62. The molecule has 122 valence electrons. The molecule has 6 saturated carbocycles. The van der Waals surface area contributed by atoms with Crippen LogP contribution in [0.25, 0.3) is 0 Å². The predicted octanol–water partition coefficient (Wildman–Crippen LogP) is 5.91. The molecular formula is C22H34. The molecule has 0 heteroatoms. The maximum Gasteiger partial charge on any atom is -0.0316 e. The number of hydrogen-bond acceptors (Lipinski definition) is 0. The zero-order chi connectivity index (χ0) is 14.3. The maximum absolute atomic E-state index is 1.67. The highest BCUT2D eigenvalue weighted by molar-refractivity contribution is 5.10. The standard InChI is InChI=1S/C22H34/c1-2-6-17-16(5-1)18-7-3-4-14-12-15-9-8-13-10-11-19(17)22(20(13)15)21(14)18/h13-22H,1-12H2. The molecular weight excluding hydrogens is 264 g/mol. The van der Waals surface area contributed by atoms with E-state index >= 15 is 0 Å². The quantitative estimate of drug-likeness (QED) is 0.521. The Morgan fingerprint density at radius 1 is 0.364 bits per heavy atom. The molecule has 6 rings (SSSR count). The van der Waals surface area contributed by atoms with Gasteiger partial charge in [0.2, 0.25) is 0 Å². The van der Waals surface area contributed by atoms with Crippen LogP contribution in [0.15, 0.2) is 0 Å². The summed E-state index contributed by atoms with van der Waals surface area (Å²) in [5.74, 6) is 11.9. The van der Waals surface area contributed by atoms with Crippen LogP contribution in [0.4, 0.5) is 0 Å². The van der Waals surface area contributed by atoms with Crippen LogP contribution in [0, 0.1) is 59.2 Å². The largest absolute Gasteiger partial charge is 0.0530 e. The molecule has 0 spiro atoms. The summed E-state index contributed by atoms with van der Waals surface area (Å²) in [6.07, 6.45) is 19.4. The summed E-state index contributed by atoms with van der Waals surface area (Å²) in [7, 11) is 0. The van der Waals surface area contributed by atoms with Crippen LogP contribution >= 0.6 is 0 Å². The first-order chi connectivity index (χ1) is 10.9. The molecule has 10 unspecified atom stereocenters. The second-order valence-electron chi connectivity index (χ2n) is 10.3. The second-order valence-corrected chi connectivity index (χ2v) is 10.3. The molecule has 0 N–H and O–H groups in total. The van der Waals surface area contributed by atoms with E-state index in [9.17, 15) is 0 Å². The molecule has 0 bridgehead atoms. The molecule has 0 aromatic rings. The van der Waals surface area contributed by atoms with Crippen molar-refractivity contribution >= 4 is 0 Å². The van der Waals surface area contributed by atoms with Crippen molar-refractivity contribution in [3.63, 3.8) is 0 Å². The Morgan fingerprint density at radius 2 is 1.00 bits per heavy atom. The van der Waals surface area contributed by atoms with Gasteiger partial charge in [-0.05, 0) is 111 Å². The summed E-state index contributed by atoms with van der Waals surface area (Å²) < 4.78 is 0. The van der Waals surface area contributed by atoms with Crippen LogP contribution in [-0.4, -0.2) is 0 Å². The van der Waals surface area contributed by atoms with Crippen molar-refractivity contribution in [1.82, 2.24) is 0 Å². The summed E-state index contributed by atoms with van der Waals surface area (Å²) in [6.45, 7) is 0. The van der Waals surface area contributed by atoms with Crippen molar-refractivity contribution < 1.29 is 0 Å². The summed E-state index contributed by atoms with van der Waals surface area (Å²) in [4.78, 5) is 0. The van der Waals surface area contributed by atoms with Crippen molar-refractivity contribution in [2.24, 2.45) is 59.2 Å². The lowest BCUT2D eigenvalue weighted by Crippen LogP contribution is -2.58. The highest BCUT2D eigenvalue weighted by Crippen LogP contribution is 2.69. The Hall–Kier alpha value is 0. The predicted molar refractivity (Wildman–Crippen MR) is 90.3 cm³/mol. The molecule has 22 heavy (non-hydrogen) atoms. The van der Waals surface area contributed by atoms with Gasteiger partial charge < -0.3 is 0 Å². The van der Waals surface area contributed by atoms with E-state index < -0.39 is 0 Å². The smallest absolute Gasteiger partial charge is 0.0316 e. The molecule has 0 radical (unpaired) electrons. The van der Waals surface area contributed by atoms with E-state index in [1.165, 1.54) is 59.2 Å². The van der Waals surface area contributed by atoms with Gasteiger partial charge in [-0.1, -0.05) is 25.7 Å². The number of fused-ring (bicyclic) bond motifs is 3. The van der Waals surface area contributed by atoms with Crippen LogP contribution in [0.3, 0.4) is 0 Å². The number of hydrogen-bond donors (Lipinski definition) is 0. The lowest BCUT2D eigenvalue weighted by Gasteiger charge is -2.65. The Kier molecular flexibility index (Phi) is 2.88. The van der Waals surface area contributed by atoms with Crippen LogP contribution in [0.2, 0.25) is 0 Å². The van der Waals surface area contributed by atoms with Crippen molar-refractivity contribution in [1.29, 1.82) is 0 Å². The Labute approximate surface area is 136 Å². The van der Waals surface area contributed by atoms with Crippen molar-refractivity contribution in [2.75, 3.05) is 0 Å². The fraction of sp³-hybridized carbons (Fsp3) is 1.00. The minimum Gasteiger partial charge on any atom is -0.0530 e. The number of rotatable bonds is 0. The average molecular weight is 299 g/mol. The van der Waals surface area contributed by atoms with Gasteiger partial charge in [0.25, 0.3) is 0 Å². The van der Waals surface area contributed by atoms with E-state index in [0.717, 1.165) is 0 Å². The third kappa shape index (κ3) is 1.61. The van der Waals surface area contributed by atoms with E-state index in [0.29, 0.717) is 0 Å². The normalized spacial score (nSPS) is 62.2. The fourth-order valence-electron chi connectivity index (χ4n) is 9.73.